The SMILES string of the molecule is Cc1ccc(C(C)(C)C)cc1Nc1nc(NCCn2cncn2)nc2ncn(C)c12. The molecule has 0 bridgehead atoms. The topological polar surface area (TPSA) is 98.4 Å². The first-order valence-corrected chi connectivity index (χ1v) is 9.95. The van der Waals surface area contributed by atoms with Gasteiger partial charge in [0.05, 0.1) is 12.9 Å². The number of rotatable bonds is 6. The molecule has 3 aromatic heterocycles. The van der Waals surface area contributed by atoms with E-state index in [-0.39, 0.29) is 5.41 Å². The standard InChI is InChI=1S/C21H27N9/c1-14-6-7-15(21(2,3)4)10-16(14)26-19-17-18(24-13-29(17)5)27-20(28-19)23-8-9-30-12-22-11-25-30/h6-7,10-13H,8-9H2,1-5H3,(H2,23,26,27,28). The molecule has 4 aromatic rings. The summed E-state index contributed by atoms with van der Waals surface area (Å²) >= 11 is 0. The van der Waals surface area contributed by atoms with E-state index < -0.39 is 0 Å². The Kier molecular flexibility index (Phi) is 5.11. The summed E-state index contributed by atoms with van der Waals surface area (Å²) in [5.41, 5.74) is 5.00. The molecular weight excluding hydrogens is 378 g/mol. The second-order valence-corrected chi connectivity index (χ2v) is 8.41. The minimum absolute atomic E-state index is 0.0612. The average Bonchev–Trinajstić information content (AvgIpc) is 3.33. The lowest BCUT2D eigenvalue weighted by Crippen LogP contribution is -2.14. The van der Waals surface area contributed by atoms with Gasteiger partial charge in [-0.3, -0.25) is 4.68 Å². The highest BCUT2D eigenvalue weighted by atomic mass is 15.3. The minimum Gasteiger partial charge on any atom is -0.352 e. The number of aryl methyl sites for hydroxylation is 2. The van der Waals surface area contributed by atoms with E-state index in [1.54, 1.807) is 17.3 Å². The molecule has 0 saturated heterocycles. The zero-order valence-corrected chi connectivity index (χ0v) is 18.0. The maximum atomic E-state index is 4.74. The van der Waals surface area contributed by atoms with Gasteiger partial charge in [-0.05, 0) is 29.5 Å². The van der Waals surface area contributed by atoms with Crippen LogP contribution in [0.5, 0.6) is 0 Å². The second kappa shape index (κ2) is 7.74. The number of nitrogens with zero attached hydrogens (tertiary/aromatic N) is 7. The van der Waals surface area contributed by atoms with E-state index in [0.717, 1.165) is 22.6 Å². The molecule has 0 saturated carbocycles. The lowest BCUT2D eigenvalue weighted by atomic mass is 9.86. The van der Waals surface area contributed by atoms with Gasteiger partial charge in [-0.2, -0.15) is 15.1 Å². The van der Waals surface area contributed by atoms with Crippen LogP contribution in [0.3, 0.4) is 0 Å². The quantitative estimate of drug-likeness (QED) is 0.507. The molecule has 156 valence electrons. The van der Waals surface area contributed by atoms with Crippen molar-refractivity contribution in [2.24, 2.45) is 7.05 Å². The first-order valence-electron chi connectivity index (χ1n) is 9.95. The largest absolute Gasteiger partial charge is 0.352 e. The van der Waals surface area contributed by atoms with E-state index in [2.05, 4.69) is 76.6 Å². The summed E-state index contributed by atoms with van der Waals surface area (Å²) in [5, 5.41) is 10.9. The third kappa shape index (κ3) is 4.10. The van der Waals surface area contributed by atoms with Crippen molar-refractivity contribution in [2.75, 3.05) is 17.2 Å². The summed E-state index contributed by atoms with van der Waals surface area (Å²) in [6, 6.07) is 6.51. The highest BCUT2D eigenvalue weighted by Crippen LogP contribution is 2.30. The molecule has 1 aromatic carbocycles. The van der Waals surface area contributed by atoms with E-state index in [0.29, 0.717) is 24.7 Å². The maximum Gasteiger partial charge on any atom is 0.226 e. The molecule has 0 atom stereocenters. The Labute approximate surface area is 175 Å². The summed E-state index contributed by atoms with van der Waals surface area (Å²) in [6.07, 6.45) is 4.96. The van der Waals surface area contributed by atoms with Gasteiger partial charge in [0, 0.05) is 19.3 Å². The minimum atomic E-state index is 0.0612. The first-order chi connectivity index (χ1) is 14.3. The van der Waals surface area contributed by atoms with Gasteiger partial charge in [-0.25, -0.2) is 9.97 Å². The van der Waals surface area contributed by atoms with Crippen LogP contribution in [0.1, 0.15) is 31.9 Å². The van der Waals surface area contributed by atoms with Gasteiger partial charge in [0.2, 0.25) is 5.95 Å². The molecular formula is C21H27N9. The molecule has 2 N–H and O–H groups in total. The van der Waals surface area contributed by atoms with Crippen molar-refractivity contribution in [1.82, 2.24) is 34.3 Å². The summed E-state index contributed by atoms with van der Waals surface area (Å²) in [6.45, 7) is 10.0. The first kappa shape index (κ1) is 19.8. The molecule has 0 aliphatic heterocycles. The normalized spacial score (nSPS) is 11.8. The Morgan fingerprint density at radius 2 is 1.93 bits per heavy atom. The molecule has 0 unspecified atom stereocenters. The number of benzene rings is 1. The molecule has 4 rings (SSSR count). The van der Waals surface area contributed by atoms with Crippen molar-refractivity contribution in [3.05, 3.63) is 48.3 Å². The van der Waals surface area contributed by atoms with Gasteiger partial charge in [-0.15, -0.1) is 0 Å². The lowest BCUT2D eigenvalue weighted by molar-refractivity contribution is 0.590. The Morgan fingerprint density at radius 1 is 1.10 bits per heavy atom. The van der Waals surface area contributed by atoms with Crippen LogP contribution < -0.4 is 10.6 Å². The highest BCUT2D eigenvalue weighted by Gasteiger charge is 2.17. The predicted molar refractivity (Wildman–Crippen MR) is 118 cm³/mol. The smallest absolute Gasteiger partial charge is 0.226 e. The zero-order valence-electron chi connectivity index (χ0n) is 18.0. The highest BCUT2D eigenvalue weighted by molar-refractivity contribution is 5.87. The Bertz CT molecular complexity index is 1150. The van der Waals surface area contributed by atoms with Crippen LogP contribution in [0.2, 0.25) is 0 Å². The van der Waals surface area contributed by atoms with Crippen LogP contribution >= 0.6 is 0 Å². The maximum absolute atomic E-state index is 4.74. The number of nitrogens with one attached hydrogen (secondary N) is 2. The van der Waals surface area contributed by atoms with Gasteiger partial charge >= 0.3 is 0 Å². The molecule has 0 aliphatic rings. The van der Waals surface area contributed by atoms with E-state index >= 15 is 0 Å². The molecule has 9 heteroatoms. The monoisotopic (exact) mass is 405 g/mol. The van der Waals surface area contributed by atoms with Crippen molar-refractivity contribution in [3.63, 3.8) is 0 Å². The van der Waals surface area contributed by atoms with Gasteiger partial charge in [0.1, 0.15) is 18.2 Å². The summed E-state index contributed by atoms with van der Waals surface area (Å²) in [4.78, 5) is 17.7. The van der Waals surface area contributed by atoms with Crippen molar-refractivity contribution in [2.45, 2.75) is 39.7 Å². The number of anilines is 3. The number of aromatic nitrogens is 7. The van der Waals surface area contributed by atoms with Gasteiger partial charge in [-0.1, -0.05) is 32.9 Å². The zero-order chi connectivity index (χ0) is 21.3. The molecule has 0 aliphatic carbocycles. The molecule has 0 fully saturated rings. The van der Waals surface area contributed by atoms with Crippen LogP contribution in [0.15, 0.2) is 37.2 Å². The fraction of sp³-hybridized carbons (Fsp3) is 0.381. The number of imidazole rings is 1. The van der Waals surface area contributed by atoms with E-state index in [9.17, 15) is 0 Å². The Morgan fingerprint density at radius 3 is 2.67 bits per heavy atom. The molecule has 0 amide bonds. The Hall–Kier alpha value is -3.49. The third-order valence-corrected chi connectivity index (χ3v) is 5.02. The van der Waals surface area contributed by atoms with E-state index in [4.69, 9.17) is 4.98 Å². The van der Waals surface area contributed by atoms with Crippen molar-refractivity contribution < 1.29 is 0 Å². The van der Waals surface area contributed by atoms with Crippen LogP contribution in [-0.4, -0.2) is 40.8 Å². The third-order valence-electron chi connectivity index (χ3n) is 5.02. The van der Waals surface area contributed by atoms with Crippen molar-refractivity contribution in [1.29, 1.82) is 0 Å². The molecule has 3 heterocycles. The molecule has 0 radical (unpaired) electrons. The van der Waals surface area contributed by atoms with Gasteiger partial charge in [0.15, 0.2) is 11.5 Å². The van der Waals surface area contributed by atoms with Crippen molar-refractivity contribution >= 4 is 28.6 Å². The lowest BCUT2D eigenvalue weighted by Gasteiger charge is -2.21. The fourth-order valence-electron chi connectivity index (χ4n) is 3.20. The Balaban J connectivity index is 1.65. The van der Waals surface area contributed by atoms with Crippen LogP contribution in [0, 0.1) is 6.92 Å². The van der Waals surface area contributed by atoms with Crippen LogP contribution in [-0.2, 0) is 19.0 Å². The van der Waals surface area contributed by atoms with Gasteiger partial charge < -0.3 is 15.2 Å². The van der Waals surface area contributed by atoms with E-state index in [1.807, 2.05) is 11.6 Å². The average molecular weight is 406 g/mol. The molecule has 30 heavy (non-hydrogen) atoms. The van der Waals surface area contributed by atoms with Crippen LogP contribution in [0.25, 0.3) is 11.2 Å². The van der Waals surface area contributed by atoms with Crippen LogP contribution in [0.4, 0.5) is 17.5 Å². The summed E-state index contributed by atoms with van der Waals surface area (Å²) < 4.78 is 3.69. The molecule has 9 nitrogen and oxygen atoms in total. The predicted octanol–water partition coefficient (Wildman–Crippen LogP) is 3.42. The van der Waals surface area contributed by atoms with Gasteiger partial charge in [0.25, 0.3) is 0 Å². The number of fused-ring (bicyclic) bond motifs is 1. The summed E-state index contributed by atoms with van der Waals surface area (Å²) in [5.74, 6) is 1.24. The second-order valence-electron chi connectivity index (χ2n) is 8.41. The van der Waals surface area contributed by atoms with E-state index in [1.165, 1.54) is 11.9 Å². The number of hydrogen-bond donors (Lipinski definition) is 2. The van der Waals surface area contributed by atoms with Crippen molar-refractivity contribution in [3.8, 4) is 0 Å². The fourth-order valence-corrected chi connectivity index (χ4v) is 3.20. The molecule has 0 spiro atoms. The number of hydrogen-bond acceptors (Lipinski definition) is 7. The summed E-state index contributed by atoms with van der Waals surface area (Å²) in [7, 11) is 1.94.